The fourth-order valence-electron chi connectivity index (χ4n) is 4.67. The summed E-state index contributed by atoms with van der Waals surface area (Å²) in [6, 6.07) is 22.3. The van der Waals surface area contributed by atoms with Crippen LogP contribution in [0.1, 0.15) is 26.6 Å². The van der Waals surface area contributed by atoms with Crippen molar-refractivity contribution in [2.45, 2.75) is 24.4 Å². The summed E-state index contributed by atoms with van der Waals surface area (Å²) >= 11 is 3.05. The second kappa shape index (κ2) is 11.6. The molecule has 0 spiro atoms. The van der Waals surface area contributed by atoms with Crippen LogP contribution in [0.3, 0.4) is 0 Å². The number of carbonyl (C=O) groups is 1. The Bertz CT molecular complexity index is 1540. The van der Waals surface area contributed by atoms with Crippen LogP contribution in [0, 0.1) is 6.92 Å². The number of thioether (sulfide) groups is 1. The lowest BCUT2D eigenvalue weighted by atomic mass is 10.2. The molecule has 0 aliphatic carbocycles. The summed E-state index contributed by atoms with van der Waals surface area (Å²) in [7, 11) is 0. The third kappa shape index (κ3) is 5.68. The number of carbonyl (C=O) groups excluding carboxylic acids is 1. The van der Waals surface area contributed by atoms with Gasteiger partial charge in [-0.2, -0.15) is 0 Å². The van der Waals surface area contributed by atoms with Crippen molar-refractivity contribution in [2.75, 3.05) is 26.2 Å². The number of hydrogen-bond acceptors (Lipinski definition) is 8. The SMILES string of the molecule is Cc1ccccc1-n1c(SCc2nc(C(=O)N3CCN(Cc4ccccc4)CC3)cs2)nnc1-c1ccco1. The lowest BCUT2D eigenvalue weighted by Crippen LogP contribution is -2.48. The molecule has 1 aliphatic rings. The van der Waals surface area contributed by atoms with Crippen molar-refractivity contribution in [1.82, 2.24) is 29.5 Å². The van der Waals surface area contributed by atoms with Gasteiger partial charge >= 0.3 is 0 Å². The molecule has 10 heteroatoms. The van der Waals surface area contributed by atoms with E-state index in [2.05, 4.69) is 63.4 Å². The molecule has 1 aliphatic heterocycles. The lowest BCUT2D eigenvalue weighted by Gasteiger charge is -2.34. The molecule has 1 amide bonds. The summed E-state index contributed by atoms with van der Waals surface area (Å²) in [6.07, 6.45) is 1.64. The summed E-state index contributed by atoms with van der Waals surface area (Å²) in [5.74, 6) is 1.90. The van der Waals surface area contributed by atoms with Gasteiger partial charge in [-0.3, -0.25) is 14.3 Å². The molecule has 1 saturated heterocycles. The van der Waals surface area contributed by atoms with Crippen molar-refractivity contribution in [3.8, 4) is 17.3 Å². The van der Waals surface area contributed by atoms with E-state index < -0.39 is 0 Å². The van der Waals surface area contributed by atoms with Gasteiger partial charge in [0.1, 0.15) is 10.7 Å². The Morgan fingerprint density at radius 2 is 1.77 bits per heavy atom. The number of amides is 1. The minimum atomic E-state index is 0.00467. The lowest BCUT2D eigenvalue weighted by molar-refractivity contribution is 0.0623. The second-order valence-corrected chi connectivity index (χ2v) is 11.3. The zero-order valence-corrected chi connectivity index (χ0v) is 23.2. The minimum Gasteiger partial charge on any atom is -0.461 e. The van der Waals surface area contributed by atoms with Crippen molar-refractivity contribution in [1.29, 1.82) is 0 Å². The largest absolute Gasteiger partial charge is 0.461 e. The fraction of sp³-hybridized carbons (Fsp3) is 0.241. The summed E-state index contributed by atoms with van der Waals surface area (Å²) in [6.45, 7) is 6.12. The van der Waals surface area contributed by atoms with Crippen LogP contribution >= 0.6 is 23.1 Å². The Balaban J connectivity index is 1.11. The molecule has 8 nitrogen and oxygen atoms in total. The first-order chi connectivity index (χ1) is 19.2. The van der Waals surface area contributed by atoms with E-state index in [1.165, 1.54) is 16.9 Å². The third-order valence-corrected chi connectivity index (χ3v) is 8.71. The molecular formula is C29H28N6O2S2. The summed E-state index contributed by atoms with van der Waals surface area (Å²) in [5.41, 5.74) is 3.92. The second-order valence-electron chi connectivity index (χ2n) is 9.37. The molecule has 4 heterocycles. The number of piperazine rings is 1. The van der Waals surface area contributed by atoms with Gasteiger partial charge in [0.05, 0.1) is 17.7 Å². The monoisotopic (exact) mass is 556 g/mol. The zero-order valence-electron chi connectivity index (χ0n) is 21.6. The highest BCUT2D eigenvalue weighted by molar-refractivity contribution is 7.98. The highest BCUT2D eigenvalue weighted by Crippen LogP contribution is 2.31. The van der Waals surface area contributed by atoms with Gasteiger partial charge in [0.25, 0.3) is 5.91 Å². The first kappa shape index (κ1) is 25.5. The normalized spacial score (nSPS) is 14.1. The first-order valence-electron chi connectivity index (χ1n) is 12.8. The number of para-hydroxylation sites is 1. The molecule has 2 aromatic carbocycles. The Hall–Kier alpha value is -3.73. The van der Waals surface area contributed by atoms with Crippen LogP contribution in [0.15, 0.2) is 87.9 Å². The first-order valence-corrected chi connectivity index (χ1v) is 14.7. The summed E-state index contributed by atoms with van der Waals surface area (Å²) in [4.78, 5) is 22.2. The highest BCUT2D eigenvalue weighted by atomic mass is 32.2. The zero-order chi connectivity index (χ0) is 26.6. The van der Waals surface area contributed by atoms with Gasteiger partial charge in [-0.15, -0.1) is 21.5 Å². The molecule has 6 rings (SSSR count). The van der Waals surface area contributed by atoms with E-state index in [1.54, 1.807) is 18.0 Å². The van der Waals surface area contributed by atoms with Crippen LogP contribution in [0.25, 0.3) is 17.3 Å². The number of aromatic nitrogens is 4. The molecule has 0 radical (unpaired) electrons. The van der Waals surface area contributed by atoms with Gasteiger partial charge in [0.15, 0.2) is 10.9 Å². The Kier molecular flexibility index (Phi) is 7.57. The molecule has 0 atom stereocenters. The topological polar surface area (TPSA) is 80.3 Å². The number of aryl methyl sites for hydroxylation is 1. The minimum absolute atomic E-state index is 0.00467. The molecule has 0 saturated carbocycles. The van der Waals surface area contributed by atoms with Crippen molar-refractivity contribution < 1.29 is 9.21 Å². The average molecular weight is 557 g/mol. The van der Waals surface area contributed by atoms with Gasteiger partial charge in [-0.1, -0.05) is 60.3 Å². The molecule has 0 bridgehead atoms. The number of hydrogen-bond donors (Lipinski definition) is 0. The van der Waals surface area contributed by atoms with Crippen LogP contribution in [0.2, 0.25) is 0 Å². The van der Waals surface area contributed by atoms with Crippen molar-refractivity contribution >= 4 is 29.0 Å². The van der Waals surface area contributed by atoms with Gasteiger partial charge in [-0.05, 0) is 36.2 Å². The highest BCUT2D eigenvalue weighted by Gasteiger charge is 2.24. The maximum absolute atomic E-state index is 13.2. The number of furan rings is 1. The van der Waals surface area contributed by atoms with Crippen LogP contribution in [-0.4, -0.2) is 61.6 Å². The fourth-order valence-corrected chi connectivity index (χ4v) is 6.41. The van der Waals surface area contributed by atoms with E-state index in [4.69, 9.17) is 4.42 Å². The smallest absolute Gasteiger partial charge is 0.273 e. The Morgan fingerprint density at radius 1 is 0.974 bits per heavy atom. The maximum atomic E-state index is 13.2. The van der Waals surface area contributed by atoms with Gasteiger partial charge in [0, 0.05) is 38.1 Å². The van der Waals surface area contributed by atoms with Crippen LogP contribution in [0.5, 0.6) is 0 Å². The maximum Gasteiger partial charge on any atom is 0.273 e. The third-order valence-electron chi connectivity index (χ3n) is 6.74. The molecule has 39 heavy (non-hydrogen) atoms. The van der Waals surface area contributed by atoms with Crippen molar-refractivity contribution in [2.24, 2.45) is 0 Å². The quantitative estimate of drug-likeness (QED) is 0.232. The number of thiazole rings is 1. The van der Waals surface area contributed by atoms with Crippen LogP contribution in [-0.2, 0) is 12.3 Å². The molecule has 0 N–H and O–H groups in total. The van der Waals surface area contributed by atoms with E-state index in [9.17, 15) is 4.79 Å². The van der Waals surface area contributed by atoms with Crippen LogP contribution in [0.4, 0.5) is 0 Å². The van der Waals surface area contributed by atoms with E-state index in [-0.39, 0.29) is 5.91 Å². The number of benzene rings is 2. The van der Waals surface area contributed by atoms with Gasteiger partial charge < -0.3 is 9.32 Å². The average Bonchev–Trinajstić information content (AvgIpc) is 3.74. The van der Waals surface area contributed by atoms with Crippen molar-refractivity contribution in [3.63, 3.8) is 0 Å². The van der Waals surface area contributed by atoms with E-state index in [0.717, 1.165) is 41.0 Å². The number of nitrogens with zero attached hydrogens (tertiary/aromatic N) is 6. The predicted octanol–water partition coefficient (Wildman–Crippen LogP) is 5.54. The molecule has 198 valence electrons. The molecule has 1 fully saturated rings. The Morgan fingerprint density at radius 3 is 2.54 bits per heavy atom. The summed E-state index contributed by atoms with van der Waals surface area (Å²) in [5, 5.41) is 12.4. The van der Waals surface area contributed by atoms with Gasteiger partial charge in [0.2, 0.25) is 5.82 Å². The Labute approximate surface area is 235 Å². The van der Waals surface area contributed by atoms with Crippen molar-refractivity contribution in [3.05, 3.63) is 100 Å². The standard InChI is InChI=1S/C29H28N6O2S2/c1-21-8-5-6-11-24(21)35-27(25-12-7-17-37-25)31-32-29(35)39-20-26-30-23(19-38-26)28(36)34-15-13-33(14-16-34)18-22-9-3-2-4-10-22/h2-12,17,19H,13-16,18,20H2,1H3. The molecule has 5 aromatic rings. The van der Waals surface area contributed by atoms with E-state index >= 15 is 0 Å². The van der Waals surface area contributed by atoms with Gasteiger partial charge in [-0.25, -0.2) is 4.98 Å². The predicted molar refractivity (Wildman–Crippen MR) is 153 cm³/mol. The molecule has 3 aromatic heterocycles. The van der Waals surface area contributed by atoms with Crippen LogP contribution < -0.4 is 0 Å². The van der Waals surface area contributed by atoms with E-state index in [0.29, 0.717) is 36.1 Å². The molecule has 0 unspecified atom stereocenters. The number of rotatable bonds is 8. The molecular weight excluding hydrogens is 528 g/mol. The summed E-state index contributed by atoms with van der Waals surface area (Å²) < 4.78 is 7.65. The van der Waals surface area contributed by atoms with E-state index in [1.807, 2.05) is 45.2 Å².